The molecule has 1 fully saturated rings. The zero-order chi connectivity index (χ0) is 10.8. The zero-order valence-electron chi connectivity index (χ0n) is 7.89. The van der Waals surface area contributed by atoms with Crippen molar-refractivity contribution in [2.24, 2.45) is 0 Å². The van der Waals surface area contributed by atoms with Crippen LogP contribution in [0.15, 0.2) is 12.4 Å². The number of nitrogens with zero attached hydrogens (tertiary/aromatic N) is 1. The molecule has 0 aromatic rings. The lowest BCUT2D eigenvalue weighted by Crippen LogP contribution is -2.50. The van der Waals surface area contributed by atoms with Gasteiger partial charge < -0.3 is 4.74 Å². The maximum atomic E-state index is 12.6. The molecule has 0 N–H and O–H groups in total. The number of ether oxygens (including phenoxy) is 1. The van der Waals surface area contributed by atoms with E-state index in [1.807, 2.05) is 0 Å². The summed E-state index contributed by atoms with van der Waals surface area (Å²) in [5.41, 5.74) is 0. The van der Waals surface area contributed by atoms with Gasteiger partial charge >= 0.3 is 6.18 Å². The summed E-state index contributed by atoms with van der Waals surface area (Å²) < 4.78 is 54.6. The van der Waals surface area contributed by atoms with Gasteiger partial charge in [0.25, 0.3) is 0 Å². The molecule has 0 aromatic heterocycles. The Kier molecular flexibility index (Phi) is 5.16. The number of morpholine rings is 1. The number of alkyl halides is 3. The van der Waals surface area contributed by atoms with Crippen molar-refractivity contribution in [2.45, 2.75) is 12.2 Å². The standard InChI is InChI=1S/C8H11F4NO.FH/c1-6(9)7(8(10,11)12)13-2-4-14-5-3-13;/h7H,1-5H2;1H. The molecule has 7 heteroatoms. The van der Waals surface area contributed by atoms with Gasteiger partial charge in [0, 0.05) is 13.1 Å². The summed E-state index contributed by atoms with van der Waals surface area (Å²) in [6.07, 6.45) is -4.61. The summed E-state index contributed by atoms with van der Waals surface area (Å²) in [5.74, 6) is -1.36. The summed E-state index contributed by atoms with van der Waals surface area (Å²) in [5, 5.41) is 0. The van der Waals surface area contributed by atoms with Gasteiger partial charge in [0.2, 0.25) is 0 Å². The second-order valence-electron chi connectivity index (χ2n) is 3.04. The van der Waals surface area contributed by atoms with E-state index in [1.165, 1.54) is 0 Å². The molecule has 1 atom stereocenters. The number of hydrogen-bond donors (Lipinski definition) is 0. The Balaban J connectivity index is 0.00000196. The summed E-state index contributed by atoms with van der Waals surface area (Å²) in [4.78, 5) is 0.992. The second-order valence-corrected chi connectivity index (χ2v) is 3.04. The Morgan fingerprint density at radius 3 is 2.07 bits per heavy atom. The Hall–Kier alpha value is -0.690. The van der Waals surface area contributed by atoms with E-state index in [4.69, 9.17) is 4.74 Å². The Morgan fingerprint density at radius 2 is 1.73 bits per heavy atom. The van der Waals surface area contributed by atoms with Crippen molar-refractivity contribution in [3.8, 4) is 0 Å². The van der Waals surface area contributed by atoms with Crippen molar-refractivity contribution >= 4 is 0 Å². The lowest BCUT2D eigenvalue weighted by molar-refractivity contribution is -0.185. The first-order valence-corrected chi connectivity index (χ1v) is 4.15. The van der Waals surface area contributed by atoms with E-state index in [2.05, 4.69) is 6.58 Å². The van der Waals surface area contributed by atoms with Crippen LogP contribution in [0.4, 0.5) is 22.3 Å². The lowest BCUT2D eigenvalue weighted by atomic mass is 10.2. The predicted molar refractivity (Wildman–Crippen MR) is 45.0 cm³/mol. The molecule has 0 saturated carbocycles. The maximum absolute atomic E-state index is 12.6. The minimum Gasteiger partial charge on any atom is -0.379 e. The minimum atomic E-state index is -4.61. The molecule has 0 amide bonds. The molecular formula is C8H12F5NO. The van der Waals surface area contributed by atoms with Crippen molar-refractivity contribution in [3.63, 3.8) is 0 Å². The zero-order valence-corrected chi connectivity index (χ0v) is 7.89. The number of hydrogen-bond acceptors (Lipinski definition) is 2. The van der Waals surface area contributed by atoms with Crippen LogP contribution < -0.4 is 0 Å². The van der Waals surface area contributed by atoms with Crippen molar-refractivity contribution in [1.29, 1.82) is 0 Å². The summed E-state index contributed by atoms with van der Waals surface area (Å²) in [7, 11) is 0. The third-order valence-corrected chi connectivity index (χ3v) is 2.02. The third-order valence-electron chi connectivity index (χ3n) is 2.02. The van der Waals surface area contributed by atoms with Gasteiger partial charge in [-0.2, -0.15) is 13.2 Å². The van der Waals surface area contributed by atoms with E-state index in [0.29, 0.717) is 0 Å². The Morgan fingerprint density at radius 1 is 1.27 bits per heavy atom. The van der Waals surface area contributed by atoms with Gasteiger partial charge in [-0.1, -0.05) is 6.58 Å². The van der Waals surface area contributed by atoms with Gasteiger partial charge in [-0.05, 0) is 0 Å². The Bertz CT molecular complexity index is 212. The highest BCUT2D eigenvalue weighted by Crippen LogP contribution is 2.30. The van der Waals surface area contributed by atoms with Crippen LogP contribution in [-0.4, -0.2) is 43.4 Å². The molecule has 0 bridgehead atoms. The fourth-order valence-corrected chi connectivity index (χ4v) is 1.42. The number of halogens is 5. The third kappa shape index (κ3) is 3.75. The molecule has 15 heavy (non-hydrogen) atoms. The maximum Gasteiger partial charge on any atom is 0.410 e. The highest BCUT2D eigenvalue weighted by atomic mass is 19.4. The topological polar surface area (TPSA) is 12.5 Å². The fraction of sp³-hybridized carbons (Fsp3) is 0.750. The fourth-order valence-electron chi connectivity index (χ4n) is 1.42. The summed E-state index contributed by atoms with van der Waals surface area (Å²) in [6.45, 7) is 3.27. The van der Waals surface area contributed by atoms with Crippen molar-refractivity contribution in [1.82, 2.24) is 4.90 Å². The molecule has 0 aliphatic carbocycles. The van der Waals surface area contributed by atoms with Crippen LogP contribution in [0.2, 0.25) is 0 Å². The summed E-state index contributed by atoms with van der Waals surface area (Å²) in [6, 6.07) is -2.19. The van der Waals surface area contributed by atoms with E-state index >= 15 is 0 Å². The van der Waals surface area contributed by atoms with Crippen LogP contribution in [0.3, 0.4) is 0 Å². The molecule has 1 aliphatic rings. The first-order chi connectivity index (χ1) is 6.43. The van der Waals surface area contributed by atoms with E-state index in [1.54, 1.807) is 0 Å². The van der Waals surface area contributed by atoms with Gasteiger partial charge in [-0.25, -0.2) is 4.39 Å². The van der Waals surface area contributed by atoms with Crippen LogP contribution >= 0.6 is 0 Å². The van der Waals surface area contributed by atoms with Crippen molar-refractivity contribution in [3.05, 3.63) is 12.4 Å². The average molecular weight is 233 g/mol. The summed E-state index contributed by atoms with van der Waals surface area (Å²) >= 11 is 0. The molecule has 1 saturated heterocycles. The molecular weight excluding hydrogens is 221 g/mol. The van der Waals surface area contributed by atoms with Gasteiger partial charge in [-0.3, -0.25) is 9.60 Å². The first-order valence-electron chi connectivity index (χ1n) is 4.15. The van der Waals surface area contributed by atoms with E-state index in [0.717, 1.165) is 4.90 Å². The normalized spacial score (nSPS) is 20.5. The van der Waals surface area contributed by atoms with Crippen LogP contribution in [0.25, 0.3) is 0 Å². The predicted octanol–water partition coefficient (Wildman–Crippen LogP) is 1.89. The average Bonchev–Trinajstić information content (AvgIpc) is 2.02. The van der Waals surface area contributed by atoms with Crippen LogP contribution in [0.1, 0.15) is 0 Å². The van der Waals surface area contributed by atoms with Gasteiger partial charge in [-0.15, -0.1) is 0 Å². The minimum absolute atomic E-state index is 0. The van der Waals surface area contributed by atoms with Crippen molar-refractivity contribution in [2.75, 3.05) is 26.3 Å². The SMILES string of the molecule is C=C(F)C(N1CCOCC1)C(F)(F)F.F. The van der Waals surface area contributed by atoms with Crippen LogP contribution in [0.5, 0.6) is 0 Å². The molecule has 1 heterocycles. The molecule has 0 radical (unpaired) electrons. The molecule has 1 rings (SSSR count). The highest BCUT2D eigenvalue weighted by molar-refractivity contribution is 5.01. The second kappa shape index (κ2) is 5.41. The van der Waals surface area contributed by atoms with E-state index < -0.39 is 18.0 Å². The van der Waals surface area contributed by atoms with E-state index in [9.17, 15) is 17.6 Å². The largest absolute Gasteiger partial charge is 0.410 e. The molecule has 1 unspecified atom stereocenters. The monoisotopic (exact) mass is 233 g/mol. The quantitative estimate of drug-likeness (QED) is 0.675. The molecule has 0 aromatic carbocycles. The van der Waals surface area contributed by atoms with Crippen LogP contribution in [-0.2, 0) is 4.74 Å². The van der Waals surface area contributed by atoms with Gasteiger partial charge in [0.15, 0.2) is 6.04 Å². The molecule has 2 nitrogen and oxygen atoms in total. The van der Waals surface area contributed by atoms with Gasteiger partial charge in [0.05, 0.1) is 13.2 Å². The molecule has 0 spiro atoms. The molecule has 90 valence electrons. The van der Waals surface area contributed by atoms with Crippen LogP contribution in [0, 0.1) is 0 Å². The van der Waals surface area contributed by atoms with Crippen molar-refractivity contribution < 1.29 is 27.0 Å². The highest BCUT2D eigenvalue weighted by Gasteiger charge is 2.46. The van der Waals surface area contributed by atoms with E-state index in [-0.39, 0.29) is 31.0 Å². The molecule has 1 aliphatic heterocycles. The smallest absolute Gasteiger partial charge is 0.379 e. The first kappa shape index (κ1) is 14.3. The number of rotatable bonds is 2. The Labute approximate surface area is 83.9 Å². The lowest BCUT2D eigenvalue weighted by Gasteiger charge is -2.34. The van der Waals surface area contributed by atoms with Gasteiger partial charge in [0.1, 0.15) is 5.83 Å².